The summed E-state index contributed by atoms with van der Waals surface area (Å²) in [5, 5.41) is 2.78. The number of carbonyl (C=O) groups excluding carboxylic acids is 1. The quantitative estimate of drug-likeness (QED) is 0.852. The van der Waals surface area contributed by atoms with E-state index in [0.29, 0.717) is 6.54 Å². The smallest absolute Gasteiger partial charge is 0.236 e. The van der Waals surface area contributed by atoms with Gasteiger partial charge in [-0.3, -0.25) is 4.79 Å². The van der Waals surface area contributed by atoms with Crippen molar-refractivity contribution >= 4 is 18.3 Å². The van der Waals surface area contributed by atoms with E-state index >= 15 is 0 Å². The van der Waals surface area contributed by atoms with Crippen LogP contribution in [0.3, 0.4) is 0 Å². The maximum atomic E-state index is 11.3. The second-order valence-corrected chi connectivity index (χ2v) is 4.15. The summed E-state index contributed by atoms with van der Waals surface area (Å²) in [5.74, 6) is 0.724. The largest absolute Gasteiger partial charge is 0.496 e. The number of carbonyl (C=O) groups is 1. The van der Waals surface area contributed by atoms with E-state index in [-0.39, 0.29) is 18.3 Å². The zero-order chi connectivity index (χ0) is 12.8. The van der Waals surface area contributed by atoms with Gasteiger partial charge in [-0.25, -0.2) is 0 Å². The Morgan fingerprint density at radius 1 is 1.50 bits per heavy atom. The highest BCUT2D eigenvalue weighted by Gasteiger charge is 2.07. The van der Waals surface area contributed by atoms with Gasteiger partial charge in [-0.2, -0.15) is 0 Å². The molecule has 0 aliphatic heterocycles. The number of methoxy groups -OCH3 is 1. The van der Waals surface area contributed by atoms with Crippen LogP contribution >= 0.6 is 12.4 Å². The predicted molar refractivity (Wildman–Crippen MR) is 75.3 cm³/mol. The van der Waals surface area contributed by atoms with E-state index in [1.165, 1.54) is 5.56 Å². The van der Waals surface area contributed by atoms with Crippen molar-refractivity contribution in [3.8, 4) is 5.75 Å². The maximum absolute atomic E-state index is 11.3. The van der Waals surface area contributed by atoms with Crippen molar-refractivity contribution in [3.63, 3.8) is 0 Å². The van der Waals surface area contributed by atoms with E-state index in [9.17, 15) is 4.79 Å². The molecule has 1 amide bonds. The van der Waals surface area contributed by atoms with Gasteiger partial charge in [0.25, 0.3) is 0 Å². The molecule has 0 saturated heterocycles. The van der Waals surface area contributed by atoms with Crippen LogP contribution in [0.5, 0.6) is 5.75 Å². The normalized spacial score (nSPS) is 11.3. The van der Waals surface area contributed by atoms with Crippen molar-refractivity contribution in [1.82, 2.24) is 5.32 Å². The summed E-state index contributed by atoms with van der Waals surface area (Å²) in [7, 11) is 1.65. The van der Waals surface area contributed by atoms with Crippen molar-refractivity contribution in [1.29, 1.82) is 0 Å². The summed E-state index contributed by atoms with van der Waals surface area (Å²) < 4.78 is 5.27. The first-order valence-corrected chi connectivity index (χ1v) is 5.71. The Labute approximate surface area is 114 Å². The molecule has 18 heavy (non-hydrogen) atoms. The summed E-state index contributed by atoms with van der Waals surface area (Å²) in [6.45, 7) is 4.27. The van der Waals surface area contributed by atoms with Gasteiger partial charge >= 0.3 is 0 Å². The standard InChI is InChI=1S/C13H20N2O2.ClH/c1-9-4-5-12(17-3)11(8-9)6-7-15-13(16)10(2)14;/h4-5,8,10H,6-7,14H2,1-3H3,(H,15,16);1H. The fraction of sp³-hybridized carbons (Fsp3) is 0.462. The van der Waals surface area contributed by atoms with Crippen molar-refractivity contribution in [2.75, 3.05) is 13.7 Å². The number of amides is 1. The van der Waals surface area contributed by atoms with E-state index in [2.05, 4.69) is 11.4 Å². The number of rotatable bonds is 5. The fourth-order valence-corrected chi connectivity index (χ4v) is 1.58. The second-order valence-electron chi connectivity index (χ2n) is 4.15. The highest BCUT2D eigenvalue weighted by molar-refractivity contribution is 5.85. The Bertz CT molecular complexity index is 395. The number of hydrogen-bond acceptors (Lipinski definition) is 3. The van der Waals surface area contributed by atoms with Gasteiger partial charge in [-0.15, -0.1) is 12.4 Å². The van der Waals surface area contributed by atoms with Crippen molar-refractivity contribution in [2.24, 2.45) is 5.73 Å². The van der Waals surface area contributed by atoms with E-state index in [0.717, 1.165) is 17.7 Å². The average molecular weight is 273 g/mol. The van der Waals surface area contributed by atoms with Crippen LogP contribution in [0.2, 0.25) is 0 Å². The zero-order valence-corrected chi connectivity index (χ0v) is 11.8. The minimum absolute atomic E-state index is 0. The van der Waals surface area contributed by atoms with E-state index in [1.54, 1.807) is 14.0 Å². The molecule has 0 aliphatic rings. The molecule has 4 nitrogen and oxygen atoms in total. The van der Waals surface area contributed by atoms with Crippen LogP contribution in [0, 0.1) is 6.92 Å². The summed E-state index contributed by atoms with van der Waals surface area (Å²) in [6, 6.07) is 5.55. The summed E-state index contributed by atoms with van der Waals surface area (Å²) in [4.78, 5) is 11.3. The Hall–Kier alpha value is -1.26. The van der Waals surface area contributed by atoms with Crippen molar-refractivity contribution < 1.29 is 9.53 Å². The van der Waals surface area contributed by atoms with E-state index < -0.39 is 6.04 Å². The SMILES string of the molecule is COc1ccc(C)cc1CCNC(=O)C(C)N.Cl. The minimum atomic E-state index is -0.464. The van der Waals surface area contributed by atoms with Crippen LogP contribution in [-0.2, 0) is 11.2 Å². The summed E-state index contributed by atoms with van der Waals surface area (Å²) in [6.07, 6.45) is 0.739. The van der Waals surface area contributed by atoms with Gasteiger partial charge in [0.2, 0.25) is 5.91 Å². The van der Waals surface area contributed by atoms with Crippen LogP contribution in [0.15, 0.2) is 18.2 Å². The van der Waals surface area contributed by atoms with Gasteiger partial charge in [0.1, 0.15) is 5.75 Å². The molecule has 5 heteroatoms. The summed E-state index contributed by atoms with van der Waals surface area (Å²) >= 11 is 0. The Morgan fingerprint density at radius 3 is 2.72 bits per heavy atom. The van der Waals surface area contributed by atoms with Crippen LogP contribution in [0.25, 0.3) is 0 Å². The molecule has 0 heterocycles. The summed E-state index contributed by atoms with van der Waals surface area (Å²) in [5.41, 5.74) is 7.73. The molecule has 0 radical (unpaired) electrons. The molecule has 3 N–H and O–H groups in total. The second kappa shape index (κ2) is 7.95. The third kappa shape index (κ3) is 4.94. The molecule has 0 aromatic heterocycles. The van der Waals surface area contributed by atoms with Gasteiger partial charge in [-0.05, 0) is 31.9 Å². The monoisotopic (exact) mass is 272 g/mol. The molecule has 1 atom stereocenters. The number of ether oxygens (including phenoxy) is 1. The first-order chi connectivity index (χ1) is 8.04. The molecule has 0 bridgehead atoms. The van der Waals surface area contributed by atoms with E-state index in [1.807, 2.05) is 19.1 Å². The van der Waals surface area contributed by atoms with Gasteiger partial charge in [0, 0.05) is 6.54 Å². The first kappa shape index (κ1) is 16.7. The first-order valence-electron chi connectivity index (χ1n) is 5.71. The van der Waals surface area contributed by atoms with Crippen LogP contribution in [-0.4, -0.2) is 25.6 Å². The number of halogens is 1. The molecule has 0 spiro atoms. The average Bonchev–Trinajstić information content (AvgIpc) is 2.29. The molecular formula is C13H21ClN2O2. The number of nitrogens with two attached hydrogens (primary N) is 1. The number of hydrogen-bond donors (Lipinski definition) is 2. The van der Waals surface area contributed by atoms with Gasteiger partial charge in [0.15, 0.2) is 0 Å². The molecular weight excluding hydrogens is 252 g/mol. The minimum Gasteiger partial charge on any atom is -0.496 e. The maximum Gasteiger partial charge on any atom is 0.236 e. The lowest BCUT2D eigenvalue weighted by atomic mass is 10.1. The fourth-order valence-electron chi connectivity index (χ4n) is 1.58. The Morgan fingerprint density at radius 2 is 2.17 bits per heavy atom. The molecule has 1 unspecified atom stereocenters. The number of aryl methyl sites for hydroxylation is 1. The highest BCUT2D eigenvalue weighted by atomic mass is 35.5. The van der Waals surface area contributed by atoms with Gasteiger partial charge in [0.05, 0.1) is 13.2 Å². The van der Waals surface area contributed by atoms with E-state index in [4.69, 9.17) is 10.5 Å². The number of benzene rings is 1. The Balaban J connectivity index is 0.00000289. The molecule has 0 saturated carbocycles. The van der Waals surface area contributed by atoms with Gasteiger partial charge in [-0.1, -0.05) is 17.7 Å². The molecule has 1 aromatic rings. The molecule has 1 rings (SSSR count). The Kier molecular flexibility index (Phi) is 7.39. The highest BCUT2D eigenvalue weighted by Crippen LogP contribution is 2.19. The third-order valence-corrected chi connectivity index (χ3v) is 2.54. The van der Waals surface area contributed by atoms with Crippen LogP contribution < -0.4 is 15.8 Å². The lowest BCUT2D eigenvalue weighted by Crippen LogP contribution is -2.39. The van der Waals surface area contributed by atoms with Crippen LogP contribution in [0.4, 0.5) is 0 Å². The number of nitrogens with one attached hydrogen (secondary N) is 1. The molecule has 1 aromatic carbocycles. The lowest BCUT2D eigenvalue weighted by Gasteiger charge is -2.11. The third-order valence-electron chi connectivity index (χ3n) is 2.54. The zero-order valence-electron chi connectivity index (χ0n) is 11.0. The topological polar surface area (TPSA) is 64.3 Å². The predicted octanol–water partition coefficient (Wildman–Crippen LogP) is 1.43. The van der Waals surface area contributed by atoms with Gasteiger partial charge < -0.3 is 15.8 Å². The lowest BCUT2D eigenvalue weighted by molar-refractivity contribution is -0.121. The van der Waals surface area contributed by atoms with Crippen molar-refractivity contribution in [2.45, 2.75) is 26.3 Å². The molecule has 0 aliphatic carbocycles. The van der Waals surface area contributed by atoms with Crippen LogP contribution in [0.1, 0.15) is 18.1 Å². The van der Waals surface area contributed by atoms with Crippen molar-refractivity contribution in [3.05, 3.63) is 29.3 Å². The molecule has 102 valence electrons. The molecule has 0 fully saturated rings.